The molecule has 2 saturated heterocycles. The number of esters is 4. The Morgan fingerprint density at radius 3 is 2.04 bits per heavy atom. The molecule has 4 saturated carbocycles. The Kier molecular flexibility index (Phi) is 6.85. The summed E-state index contributed by atoms with van der Waals surface area (Å²) in [7, 11) is 0. The van der Waals surface area contributed by atoms with Gasteiger partial charge in [0.1, 0.15) is 36.3 Å². The van der Waals surface area contributed by atoms with Gasteiger partial charge in [-0.25, -0.2) is 4.79 Å². The quantitative estimate of drug-likeness (QED) is 0.219. The average Bonchev–Trinajstić information content (AvgIpc) is 3.65. The fourth-order valence-corrected chi connectivity index (χ4v) is 11.9. The summed E-state index contributed by atoms with van der Waals surface area (Å²) in [6.45, 7) is 12.1. The van der Waals surface area contributed by atoms with Crippen LogP contribution in [0.5, 0.6) is 0 Å². The third-order valence-electron chi connectivity index (χ3n) is 13.8. The smallest absolute Gasteiger partial charge is 0.343 e. The molecule has 7 aliphatic rings. The number of ketones is 1. The van der Waals surface area contributed by atoms with Crippen molar-refractivity contribution in [1.29, 1.82) is 0 Å². The first-order valence-electron chi connectivity index (χ1n) is 16.5. The maximum Gasteiger partial charge on any atom is 0.343 e. The molecule has 0 amide bonds. The van der Waals surface area contributed by atoms with Crippen molar-refractivity contribution in [3.63, 3.8) is 0 Å². The van der Waals surface area contributed by atoms with Gasteiger partial charge < -0.3 is 39.0 Å². The minimum Gasteiger partial charge on any atom is -0.459 e. The lowest BCUT2D eigenvalue weighted by Crippen LogP contribution is -2.74. The van der Waals surface area contributed by atoms with Crippen molar-refractivity contribution in [2.24, 2.45) is 57.7 Å². The molecule has 0 aromatic carbocycles. The molecule has 5 aliphatic carbocycles. The van der Waals surface area contributed by atoms with Crippen LogP contribution in [-0.2, 0) is 47.7 Å². The van der Waals surface area contributed by atoms with Gasteiger partial charge in [0.2, 0.25) is 0 Å². The van der Waals surface area contributed by atoms with Gasteiger partial charge in [-0.1, -0.05) is 20.8 Å². The standard InChI is InChI=1S/C34H44O13/c1-11-9-17-33(7,34(8,42)30(41)47-17)22-19(11)32(6)20(25(22)40)18-21(27(43-12(2)35)29(32)45-14(4)37)31(5)15(23(38)24(18)39)10-16-26(46-16)28(31)44-13(3)36/h9,11,15-16,18-22,24-29,39-40,42H,10H2,1-8H3/t11?,15?,16-,18-,19?,20?,21?,22-,24+,25?,26-,27?,28-,29-,31-,32+,33-,34+/m0/s1. The minimum atomic E-state index is -2.06. The number of fused-ring (bicyclic) bond motifs is 10. The number of rotatable bonds is 3. The van der Waals surface area contributed by atoms with Crippen molar-refractivity contribution in [1.82, 2.24) is 0 Å². The van der Waals surface area contributed by atoms with E-state index in [1.54, 1.807) is 26.8 Å². The lowest BCUT2D eigenvalue weighted by Gasteiger charge is -2.65. The highest BCUT2D eigenvalue weighted by molar-refractivity contribution is 5.88. The fourth-order valence-electron chi connectivity index (χ4n) is 11.9. The van der Waals surface area contributed by atoms with Gasteiger partial charge in [0.05, 0.1) is 17.6 Å². The van der Waals surface area contributed by atoms with Crippen molar-refractivity contribution < 1.29 is 63.0 Å². The first kappa shape index (κ1) is 32.7. The van der Waals surface area contributed by atoms with Gasteiger partial charge >= 0.3 is 23.9 Å². The molecule has 0 aromatic rings. The van der Waals surface area contributed by atoms with E-state index in [1.807, 2.05) is 6.92 Å². The highest BCUT2D eigenvalue weighted by Gasteiger charge is 2.83. The van der Waals surface area contributed by atoms with Gasteiger partial charge in [-0.3, -0.25) is 19.2 Å². The number of carbonyl (C=O) groups excluding carboxylic acids is 5. The van der Waals surface area contributed by atoms with E-state index in [0.717, 1.165) is 0 Å². The van der Waals surface area contributed by atoms with E-state index in [0.29, 0.717) is 0 Å². The van der Waals surface area contributed by atoms with Crippen LogP contribution in [-0.4, -0.2) is 93.3 Å². The molecular formula is C34H44O13. The second-order valence-corrected chi connectivity index (χ2v) is 15.9. The number of aliphatic hydroxyl groups excluding tert-OH is 2. The Balaban J connectivity index is 1.49. The number of aliphatic hydroxyl groups is 3. The Morgan fingerprint density at radius 1 is 0.851 bits per heavy atom. The van der Waals surface area contributed by atoms with Crippen LogP contribution in [0.4, 0.5) is 0 Å². The van der Waals surface area contributed by atoms with Crippen LogP contribution in [0, 0.1) is 57.7 Å². The predicted molar refractivity (Wildman–Crippen MR) is 156 cm³/mol. The van der Waals surface area contributed by atoms with Crippen LogP contribution >= 0.6 is 0 Å². The highest BCUT2D eigenvalue weighted by atomic mass is 16.6. The van der Waals surface area contributed by atoms with Gasteiger partial charge in [-0.15, -0.1) is 0 Å². The zero-order valence-electron chi connectivity index (χ0n) is 27.8. The summed E-state index contributed by atoms with van der Waals surface area (Å²) >= 11 is 0. The number of hydrogen-bond acceptors (Lipinski definition) is 13. The molecular weight excluding hydrogens is 616 g/mol. The number of ether oxygens (including phenoxy) is 5. The Morgan fingerprint density at radius 2 is 1.45 bits per heavy atom. The molecule has 0 aromatic heterocycles. The van der Waals surface area contributed by atoms with Gasteiger partial charge in [0.15, 0.2) is 11.4 Å². The molecule has 18 atom stereocenters. The Hall–Kier alpha value is -2.87. The third kappa shape index (κ3) is 3.82. The summed E-state index contributed by atoms with van der Waals surface area (Å²) in [5, 5.41) is 36.4. The molecule has 258 valence electrons. The fraction of sp³-hybridized carbons (Fsp3) is 0.794. The van der Waals surface area contributed by atoms with Gasteiger partial charge in [-0.05, 0) is 38.2 Å². The summed E-state index contributed by atoms with van der Waals surface area (Å²) in [4.78, 5) is 65.8. The van der Waals surface area contributed by atoms with Crippen molar-refractivity contribution in [3.05, 3.63) is 11.8 Å². The largest absolute Gasteiger partial charge is 0.459 e. The number of allylic oxidation sites excluding steroid dienone is 1. The SMILES string of the molecule is CC(=O)OC1C2[C@H](C3C(O)[C@@H]4C(C(C)C=C5OC(=O)[C@@](C)(O)[C@@]54C)[C@@]3(C)[C@H]1OC(C)=O)[C@@H](O)C(=O)C1C[C@@H]3O[C@@H]3[C@H](OC(C)=O)[C@@]12C. The van der Waals surface area contributed by atoms with Crippen LogP contribution in [0.2, 0.25) is 0 Å². The molecule has 13 nitrogen and oxygen atoms in total. The van der Waals surface area contributed by atoms with Crippen LogP contribution < -0.4 is 0 Å². The molecule has 47 heavy (non-hydrogen) atoms. The monoisotopic (exact) mass is 660 g/mol. The van der Waals surface area contributed by atoms with Crippen LogP contribution in [0.25, 0.3) is 0 Å². The minimum absolute atomic E-state index is 0.214. The summed E-state index contributed by atoms with van der Waals surface area (Å²) in [5.41, 5.74) is -6.06. The van der Waals surface area contributed by atoms with Crippen LogP contribution in [0.15, 0.2) is 11.8 Å². The topological polar surface area (TPSA) is 195 Å². The first-order valence-corrected chi connectivity index (χ1v) is 16.5. The van der Waals surface area contributed by atoms with E-state index >= 15 is 0 Å². The van der Waals surface area contributed by atoms with Crippen molar-refractivity contribution in [3.8, 4) is 0 Å². The van der Waals surface area contributed by atoms with E-state index < -0.39 is 130 Å². The molecule has 2 heterocycles. The maximum atomic E-state index is 14.3. The maximum absolute atomic E-state index is 14.3. The van der Waals surface area contributed by atoms with Gasteiger partial charge in [0, 0.05) is 61.2 Å². The lowest BCUT2D eigenvalue weighted by atomic mass is 9.41. The second-order valence-electron chi connectivity index (χ2n) is 15.9. The molecule has 6 fully saturated rings. The van der Waals surface area contributed by atoms with Crippen molar-refractivity contribution >= 4 is 29.7 Å². The summed E-state index contributed by atoms with van der Waals surface area (Å²) < 4.78 is 29.7. The van der Waals surface area contributed by atoms with Gasteiger partial charge in [0.25, 0.3) is 0 Å². The highest BCUT2D eigenvalue weighted by Crippen LogP contribution is 2.75. The third-order valence-corrected chi connectivity index (χ3v) is 13.8. The van der Waals surface area contributed by atoms with E-state index in [-0.39, 0.29) is 18.3 Å². The Labute approximate surface area is 272 Å². The summed E-state index contributed by atoms with van der Waals surface area (Å²) in [5.74, 6) is -8.98. The van der Waals surface area contributed by atoms with Crippen molar-refractivity contribution in [2.75, 3.05) is 0 Å². The van der Waals surface area contributed by atoms with E-state index in [4.69, 9.17) is 23.7 Å². The first-order chi connectivity index (χ1) is 21.7. The molecule has 0 radical (unpaired) electrons. The normalized spacial score (nSPS) is 55.1. The molecule has 3 N–H and O–H groups in total. The van der Waals surface area contributed by atoms with E-state index in [2.05, 4.69) is 0 Å². The molecule has 0 bridgehead atoms. The van der Waals surface area contributed by atoms with Crippen molar-refractivity contribution in [2.45, 2.75) is 110 Å². The number of Topliss-reactive ketones (excluding diaryl/α,β-unsaturated/α-hetero) is 1. The predicted octanol–water partition coefficient (Wildman–Crippen LogP) is 0.842. The van der Waals surface area contributed by atoms with Gasteiger partial charge in [-0.2, -0.15) is 0 Å². The summed E-state index contributed by atoms with van der Waals surface area (Å²) in [6.07, 6.45) is -5.37. The lowest BCUT2D eigenvalue weighted by molar-refractivity contribution is -0.272. The van der Waals surface area contributed by atoms with E-state index in [1.165, 1.54) is 27.7 Å². The van der Waals surface area contributed by atoms with E-state index in [9.17, 15) is 39.3 Å². The molecule has 7 rings (SSSR count). The Bertz CT molecular complexity index is 1500. The second kappa shape index (κ2) is 9.86. The van der Waals surface area contributed by atoms with Crippen LogP contribution in [0.1, 0.15) is 61.8 Å². The zero-order chi connectivity index (χ0) is 34.5. The zero-order valence-corrected chi connectivity index (χ0v) is 27.8. The number of hydrogen-bond donors (Lipinski definition) is 3. The molecule has 7 unspecified atom stereocenters. The average molecular weight is 661 g/mol. The molecule has 13 heteroatoms. The molecule has 2 aliphatic heterocycles. The number of carbonyl (C=O) groups is 5. The summed E-state index contributed by atoms with van der Waals surface area (Å²) in [6, 6.07) is 0. The van der Waals surface area contributed by atoms with Crippen LogP contribution in [0.3, 0.4) is 0 Å². The molecule has 0 spiro atoms. The number of epoxide rings is 1.